The molecule has 0 aromatic heterocycles. The highest BCUT2D eigenvalue weighted by molar-refractivity contribution is 5.78. The van der Waals surface area contributed by atoms with Crippen molar-refractivity contribution in [2.45, 2.75) is 32.1 Å². The first-order valence-electron chi connectivity index (χ1n) is 6.58. The van der Waals surface area contributed by atoms with E-state index in [0.717, 1.165) is 13.0 Å². The van der Waals surface area contributed by atoms with Crippen LogP contribution in [-0.4, -0.2) is 48.6 Å². The van der Waals surface area contributed by atoms with Gasteiger partial charge in [0.1, 0.15) is 6.54 Å². The molecule has 4 heteroatoms. The molecule has 0 amide bonds. The van der Waals surface area contributed by atoms with Gasteiger partial charge in [-0.2, -0.15) is 0 Å². The number of nitrogens with zero attached hydrogens (tertiary/aromatic N) is 2. The predicted octanol–water partition coefficient (Wildman–Crippen LogP) is 0.525. The maximum Gasteiger partial charge on any atom is 0.247 e. The molecule has 0 N–H and O–H groups in total. The van der Waals surface area contributed by atoms with Crippen molar-refractivity contribution < 1.29 is 14.4 Å². The van der Waals surface area contributed by atoms with Gasteiger partial charge >= 0.3 is 0 Å². The summed E-state index contributed by atoms with van der Waals surface area (Å²) in [5.41, 5.74) is 0. The molecule has 0 radical (unpaired) electrons. The molecule has 0 spiro atoms. The second kappa shape index (κ2) is 5.94. The van der Waals surface area contributed by atoms with Gasteiger partial charge in [-0.05, 0) is 32.4 Å². The van der Waals surface area contributed by atoms with E-state index in [0.29, 0.717) is 6.54 Å². The van der Waals surface area contributed by atoms with E-state index in [1.807, 2.05) is 0 Å². The molecule has 0 aromatic rings. The SMILES string of the molecule is CO/C([O-])=C/CN1CCC[N+]2=C1CCCCC2. The molecule has 96 valence electrons. The van der Waals surface area contributed by atoms with Crippen molar-refractivity contribution in [3.05, 3.63) is 12.0 Å². The Hall–Kier alpha value is -1.19. The van der Waals surface area contributed by atoms with Crippen LogP contribution in [0.2, 0.25) is 0 Å². The molecular formula is C13H22N2O2. The van der Waals surface area contributed by atoms with Crippen LogP contribution in [0.1, 0.15) is 32.1 Å². The molecule has 0 aromatic carbocycles. The lowest BCUT2D eigenvalue weighted by Gasteiger charge is -2.25. The van der Waals surface area contributed by atoms with E-state index < -0.39 is 0 Å². The quantitative estimate of drug-likeness (QED) is 0.531. The minimum atomic E-state index is -0.226. The standard InChI is InChI=1S/C13H22N2O2/c1-17-13(16)7-11-15-10-5-9-14-8-4-2-3-6-12(14)15/h7H,2-6,8-11H2,1H3/b13-7+. The van der Waals surface area contributed by atoms with Crippen LogP contribution < -0.4 is 5.11 Å². The van der Waals surface area contributed by atoms with E-state index in [2.05, 4.69) is 14.2 Å². The molecule has 0 bridgehead atoms. The van der Waals surface area contributed by atoms with Crippen LogP contribution >= 0.6 is 0 Å². The largest absolute Gasteiger partial charge is 0.617 e. The first kappa shape index (κ1) is 12.3. The Balaban J connectivity index is 2.05. The Bertz CT molecular complexity index is 323. The second-order valence-electron chi connectivity index (χ2n) is 4.74. The number of methoxy groups -OCH3 is 1. The molecule has 2 heterocycles. The van der Waals surface area contributed by atoms with Gasteiger partial charge in [0, 0.05) is 12.8 Å². The topological polar surface area (TPSA) is 38.5 Å². The molecule has 2 rings (SSSR count). The number of hydrogen-bond acceptors (Lipinski definition) is 3. The molecule has 4 nitrogen and oxygen atoms in total. The summed E-state index contributed by atoms with van der Waals surface area (Å²) in [4.78, 5) is 2.34. The fraction of sp³-hybridized carbons (Fsp3) is 0.769. The summed E-state index contributed by atoms with van der Waals surface area (Å²) < 4.78 is 7.16. The highest BCUT2D eigenvalue weighted by Gasteiger charge is 2.27. The van der Waals surface area contributed by atoms with E-state index in [-0.39, 0.29) is 5.95 Å². The van der Waals surface area contributed by atoms with Gasteiger partial charge in [-0.1, -0.05) is 0 Å². The molecule has 2 aliphatic rings. The van der Waals surface area contributed by atoms with E-state index in [1.54, 1.807) is 6.08 Å². The first-order valence-corrected chi connectivity index (χ1v) is 6.58. The Labute approximate surface area is 103 Å². The van der Waals surface area contributed by atoms with Crippen LogP contribution in [0.3, 0.4) is 0 Å². The summed E-state index contributed by atoms with van der Waals surface area (Å²) in [7, 11) is 1.43. The van der Waals surface area contributed by atoms with Crippen LogP contribution in [-0.2, 0) is 4.74 Å². The molecular weight excluding hydrogens is 216 g/mol. The number of ether oxygens (including phenoxy) is 1. The number of rotatable bonds is 3. The second-order valence-corrected chi connectivity index (χ2v) is 4.74. The Morgan fingerprint density at radius 1 is 1.35 bits per heavy atom. The van der Waals surface area contributed by atoms with Gasteiger partial charge < -0.3 is 9.84 Å². The van der Waals surface area contributed by atoms with E-state index in [1.165, 1.54) is 51.7 Å². The Morgan fingerprint density at radius 2 is 2.18 bits per heavy atom. The summed E-state index contributed by atoms with van der Waals surface area (Å²) in [6.07, 6.45) is 7.90. The lowest BCUT2D eigenvalue weighted by Crippen LogP contribution is -2.44. The van der Waals surface area contributed by atoms with Gasteiger partial charge in [0.2, 0.25) is 5.84 Å². The molecule has 0 saturated heterocycles. The summed E-state index contributed by atoms with van der Waals surface area (Å²) in [5, 5.41) is 11.2. The average molecular weight is 238 g/mol. The predicted molar refractivity (Wildman–Crippen MR) is 64.8 cm³/mol. The fourth-order valence-electron chi connectivity index (χ4n) is 2.69. The molecule has 17 heavy (non-hydrogen) atoms. The third kappa shape index (κ3) is 3.14. The van der Waals surface area contributed by atoms with Crippen LogP contribution in [0.5, 0.6) is 0 Å². The van der Waals surface area contributed by atoms with Crippen LogP contribution in [0.15, 0.2) is 12.0 Å². The van der Waals surface area contributed by atoms with Gasteiger partial charge in [-0.15, -0.1) is 0 Å². The zero-order valence-corrected chi connectivity index (χ0v) is 10.7. The molecule has 0 saturated carbocycles. The Morgan fingerprint density at radius 3 is 3.00 bits per heavy atom. The van der Waals surface area contributed by atoms with Gasteiger partial charge in [0.05, 0.1) is 25.6 Å². The third-order valence-corrected chi connectivity index (χ3v) is 3.59. The minimum Gasteiger partial charge on any atom is -0.617 e. The third-order valence-electron chi connectivity index (χ3n) is 3.59. The van der Waals surface area contributed by atoms with Gasteiger partial charge in [0.15, 0.2) is 0 Å². The van der Waals surface area contributed by atoms with Crippen molar-refractivity contribution in [3.8, 4) is 0 Å². The molecule has 0 aliphatic carbocycles. The smallest absolute Gasteiger partial charge is 0.247 e. The summed E-state index contributed by atoms with van der Waals surface area (Å²) >= 11 is 0. The number of hydrogen-bond donors (Lipinski definition) is 0. The van der Waals surface area contributed by atoms with Crippen molar-refractivity contribution in [1.29, 1.82) is 0 Å². The lowest BCUT2D eigenvalue weighted by molar-refractivity contribution is -0.538. The van der Waals surface area contributed by atoms with E-state index in [4.69, 9.17) is 0 Å². The molecule has 0 fully saturated rings. The van der Waals surface area contributed by atoms with Crippen LogP contribution in [0.4, 0.5) is 0 Å². The zero-order valence-electron chi connectivity index (χ0n) is 10.7. The average Bonchev–Trinajstić information content (AvgIpc) is 2.61. The number of amidine groups is 1. The molecule has 0 atom stereocenters. The monoisotopic (exact) mass is 238 g/mol. The summed E-state index contributed by atoms with van der Waals surface area (Å²) in [6.45, 7) is 4.13. The van der Waals surface area contributed by atoms with E-state index in [9.17, 15) is 5.11 Å². The Kier molecular flexibility index (Phi) is 4.29. The van der Waals surface area contributed by atoms with Crippen molar-refractivity contribution in [3.63, 3.8) is 0 Å². The van der Waals surface area contributed by atoms with Crippen LogP contribution in [0.25, 0.3) is 0 Å². The van der Waals surface area contributed by atoms with E-state index >= 15 is 0 Å². The normalized spacial score (nSPS) is 22.2. The van der Waals surface area contributed by atoms with Crippen molar-refractivity contribution in [2.24, 2.45) is 0 Å². The lowest BCUT2D eigenvalue weighted by atomic mass is 10.2. The van der Waals surface area contributed by atoms with Gasteiger partial charge in [0.25, 0.3) is 0 Å². The van der Waals surface area contributed by atoms with Gasteiger partial charge in [-0.25, -0.2) is 0 Å². The molecule has 2 aliphatic heterocycles. The van der Waals surface area contributed by atoms with Gasteiger partial charge in [-0.3, -0.25) is 9.48 Å². The highest BCUT2D eigenvalue weighted by Crippen LogP contribution is 2.14. The first-order chi connectivity index (χ1) is 8.31. The maximum atomic E-state index is 11.2. The summed E-state index contributed by atoms with van der Waals surface area (Å²) in [5.74, 6) is 1.21. The van der Waals surface area contributed by atoms with Crippen LogP contribution in [0, 0.1) is 0 Å². The minimum absolute atomic E-state index is 0.226. The maximum absolute atomic E-state index is 11.2. The molecule has 0 unspecified atom stereocenters. The highest BCUT2D eigenvalue weighted by atomic mass is 16.6. The zero-order chi connectivity index (χ0) is 12.1. The van der Waals surface area contributed by atoms with Crippen molar-refractivity contribution >= 4 is 5.84 Å². The van der Waals surface area contributed by atoms with Crippen molar-refractivity contribution in [2.75, 3.05) is 33.3 Å². The van der Waals surface area contributed by atoms with Crippen molar-refractivity contribution in [1.82, 2.24) is 4.90 Å². The fourth-order valence-corrected chi connectivity index (χ4v) is 2.69. The summed E-state index contributed by atoms with van der Waals surface area (Å²) in [6, 6.07) is 0.